The first-order valence-electron chi connectivity index (χ1n) is 19.2. The Morgan fingerprint density at radius 1 is 0.357 bits per heavy atom. The molecule has 56 heavy (non-hydrogen) atoms. The molecular weight excluding hydrogens is 681 g/mol. The van der Waals surface area contributed by atoms with E-state index >= 15 is 0 Å². The van der Waals surface area contributed by atoms with Crippen LogP contribution < -0.4 is 9.80 Å². The highest BCUT2D eigenvalue weighted by atomic mass is 15.2. The van der Waals surface area contributed by atoms with E-state index in [2.05, 4.69) is 191 Å². The van der Waals surface area contributed by atoms with Gasteiger partial charge in [-0.15, -0.1) is 0 Å². The molecule has 1 heterocycles. The zero-order valence-electron chi connectivity index (χ0n) is 33.0. The lowest BCUT2D eigenvalue weighted by atomic mass is 9.97. The van der Waals surface area contributed by atoms with Crippen molar-refractivity contribution in [2.75, 3.05) is 9.80 Å². The molecule has 0 spiro atoms. The van der Waals surface area contributed by atoms with E-state index in [4.69, 9.17) is 9.97 Å². The van der Waals surface area contributed by atoms with Gasteiger partial charge in [0, 0.05) is 22.6 Å². The van der Waals surface area contributed by atoms with Gasteiger partial charge in [0.2, 0.25) is 0 Å². The van der Waals surface area contributed by atoms with Gasteiger partial charge in [-0.1, -0.05) is 126 Å². The number of rotatable bonds is 9. The molecule has 0 saturated carbocycles. The van der Waals surface area contributed by atoms with Crippen molar-refractivity contribution < 1.29 is 0 Å². The van der Waals surface area contributed by atoms with E-state index in [0.717, 1.165) is 56.4 Å². The molecule has 0 bridgehead atoms. The Morgan fingerprint density at radius 2 is 0.768 bits per heavy atom. The van der Waals surface area contributed by atoms with Crippen molar-refractivity contribution in [3.63, 3.8) is 0 Å². The van der Waals surface area contributed by atoms with Crippen LogP contribution in [0.25, 0.3) is 33.5 Å². The molecule has 0 amide bonds. The van der Waals surface area contributed by atoms with Crippen molar-refractivity contribution in [2.24, 2.45) is 0 Å². The lowest BCUT2D eigenvalue weighted by Crippen LogP contribution is -2.16. The predicted octanol–water partition coefficient (Wildman–Crippen LogP) is 14.3. The molecule has 1 aromatic heterocycles. The van der Waals surface area contributed by atoms with Crippen LogP contribution in [0.4, 0.5) is 34.3 Å². The monoisotopic (exact) mass is 726 g/mol. The number of aryl methyl sites for hydroxylation is 6. The lowest BCUT2D eigenvalue weighted by molar-refractivity contribution is 1.13. The molecular formula is C52H46N4. The largest absolute Gasteiger partial charge is 0.309 e. The molecule has 4 heteroatoms. The molecule has 0 aliphatic heterocycles. The van der Waals surface area contributed by atoms with Crippen molar-refractivity contribution in [1.29, 1.82) is 0 Å². The van der Waals surface area contributed by atoms with Gasteiger partial charge in [-0.2, -0.15) is 0 Å². The van der Waals surface area contributed by atoms with Gasteiger partial charge in [-0.3, -0.25) is 9.88 Å². The minimum Gasteiger partial charge on any atom is -0.309 e. The van der Waals surface area contributed by atoms with Gasteiger partial charge in [-0.05, 0) is 129 Å². The summed E-state index contributed by atoms with van der Waals surface area (Å²) in [6.07, 6.45) is 3.70. The summed E-state index contributed by atoms with van der Waals surface area (Å²) in [5.74, 6) is 0.732. The maximum absolute atomic E-state index is 5.27. The number of nitrogens with zero attached hydrogens (tertiary/aromatic N) is 4. The fourth-order valence-electron chi connectivity index (χ4n) is 8.13. The van der Waals surface area contributed by atoms with Crippen LogP contribution in [0.1, 0.15) is 33.4 Å². The van der Waals surface area contributed by atoms with Gasteiger partial charge in [-0.25, -0.2) is 4.98 Å². The molecule has 4 nitrogen and oxygen atoms in total. The molecule has 7 aromatic carbocycles. The number of benzene rings is 7. The third-order valence-electron chi connectivity index (χ3n) is 10.4. The first-order valence-corrected chi connectivity index (χ1v) is 19.2. The lowest BCUT2D eigenvalue weighted by Gasteiger charge is -2.32. The number of hydrogen-bond acceptors (Lipinski definition) is 4. The average molecular weight is 727 g/mol. The fourth-order valence-corrected chi connectivity index (χ4v) is 8.13. The predicted molar refractivity (Wildman–Crippen MR) is 236 cm³/mol. The summed E-state index contributed by atoms with van der Waals surface area (Å²) in [6.45, 7) is 13.2. The highest BCUT2D eigenvalue weighted by Crippen LogP contribution is 2.45. The van der Waals surface area contributed by atoms with Crippen molar-refractivity contribution in [3.05, 3.63) is 203 Å². The van der Waals surface area contributed by atoms with Crippen LogP contribution in [0.2, 0.25) is 0 Å². The van der Waals surface area contributed by atoms with Gasteiger partial charge in [0.25, 0.3) is 0 Å². The van der Waals surface area contributed by atoms with Crippen LogP contribution in [0.15, 0.2) is 170 Å². The Labute approximate surface area is 331 Å². The molecule has 8 rings (SSSR count). The zero-order chi connectivity index (χ0) is 38.8. The molecule has 274 valence electrons. The Kier molecular flexibility index (Phi) is 10.0. The normalized spacial score (nSPS) is 11.0. The van der Waals surface area contributed by atoms with Crippen LogP contribution in [0, 0.1) is 41.5 Å². The maximum atomic E-state index is 5.27. The minimum atomic E-state index is 0.732. The molecule has 8 aromatic rings. The van der Waals surface area contributed by atoms with Gasteiger partial charge in [0.15, 0.2) is 5.82 Å². The highest BCUT2D eigenvalue weighted by molar-refractivity contribution is 5.87. The summed E-state index contributed by atoms with van der Waals surface area (Å²) < 4.78 is 0. The van der Waals surface area contributed by atoms with Gasteiger partial charge < -0.3 is 4.90 Å². The number of aromatic nitrogens is 2. The van der Waals surface area contributed by atoms with Crippen molar-refractivity contribution in [1.82, 2.24) is 9.97 Å². The van der Waals surface area contributed by atoms with E-state index in [1.165, 1.54) is 44.8 Å². The highest BCUT2D eigenvalue weighted by Gasteiger charge is 2.23. The van der Waals surface area contributed by atoms with E-state index < -0.39 is 0 Å². The summed E-state index contributed by atoms with van der Waals surface area (Å²) in [7, 11) is 0. The van der Waals surface area contributed by atoms with Crippen LogP contribution in [0.5, 0.6) is 0 Å². The second kappa shape index (κ2) is 15.5. The van der Waals surface area contributed by atoms with E-state index in [9.17, 15) is 0 Å². The van der Waals surface area contributed by atoms with Crippen molar-refractivity contribution in [3.8, 4) is 33.5 Å². The van der Waals surface area contributed by atoms with Crippen LogP contribution in [0.3, 0.4) is 0 Å². The molecule has 0 atom stereocenters. The molecule has 0 fully saturated rings. The van der Waals surface area contributed by atoms with E-state index in [0.29, 0.717) is 0 Å². The van der Waals surface area contributed by atoms with E-state index in [1.807, 2.05) is 30.6 Å². The average Bonchev–Trinajstić information content (AvgIpc) is 3.21. The second-order valence-corrected chi connectivity index (χ2v) is 14.8. The Morgan fingerprint density at radius 3 is 1.21 bits per heavy atom. The first-order chi connectivity index (χ1) is 27.2. The third-order valence-corrected chi connectivity index (χ3v) is 10.4. The maximum Gasteiger partial charge on any atom is 0.156 e. The summed E-state index contributed by atoms with van der Waals surface area (Å²) >= 11 is 0. The SMILES string of the molecule is Cc1cc(C)c(N(c2ccc(N(c3cc(-c4ccccc4)cc(-c4ccccc4)c3)c3cncc(-c4ccccc4)n3)cc2)c2c(C)cc(C)cc2C)c(C)c1. The van der Waals surface area contributed by atoms with Crippen LogP contribution in [-0.4, -0.2) is 9.97 Å². The molecule has 0 saturated heterocycles. The zero-order valence-corrected chi connectivity index (χ0v) is 33.0. The second-order valence-electron chi connectivity index (χ2n) is 14.8. The van der Waals surface area contributed by atoms with Gasteiger partial charge in [0.05, 0.1) is 29.5 Å². The van der Waals surface area contributed by atoms with Crippen LogP contribution >= 0.6 is 0 Å². The Hall–Kier alpha value is -6.78. The van der Waals surface area contributed by atoms with Crippen LogP contribution in [-0.2, 0) is 0 Å². The summed E-state index contributed by atoms with van der Waals surface area (Å²) in [5.41, 5.74) is 19.3. The summed E-state index contributed by atoms with van der Waals surface area (Å²) in [5, 5.41) is 0. The summed E-state index contributed by atoms with van der Waals surface area (Å²) in [4.78, 5) is 14.7. The Bertz CT molecular complexity index is 2470. The van der Waals surface area contributed by atoms with E-state index in [-0.39, 0.29) is 0 Å². The quantitative estimate of drug-likeness (QED) is 0.148. The topological polar surface area (TPSA) is 32.3 Å². The van der Waals surface area contributed by atoms with E-state index in [1.54, 1.807) is 0 Å². The smallest absolute Gasteiger partial charge is 0.156 e. The standard InChI is InChI=1S/C52H46N4/c1-35-26-37(3)51(38(4)27-35)56(52-39(5)28-36(2)29-40(52)6)47-24-22-46(23-25-47)55(50-34-53-33-49(54-50)43-20-14-9-15-21-43)48-31-44(41-16-10-7-11-17-41)30-45(32-48)42-18-12-8-13-19-42/h7-34H,1-6H3. The van der Waals surface area contributed by atoms with Crippen molar-refractivity contribution in [2.45, 2.75) is 41.5 Å². The molecule has 0 unspecified atom stereocenters. The molecule has 0 aliphatic rings. The minimum absolute atomic E-state index is 0.732. The van der Waals surface area contributed by atoms with Gasteiger partial charge in [0.1, 0.15) is 0 Å². The van der Waals surface area contributed by atoms with Crippen molar-refractivity contribution >= 4 is 34.3 Å². The first kappa shape index (κ1) is 36.2. The molecule has 0 radical (unpaired) electrons. The number of hydrogen-bond donors (Lipinski definition) is 0. The molecule has 0 aliphatic carbocycles. The fraction of sp³-hybridized carbons (Fsp3) is 0.115. The number of anilines is 6. The third kappa shape index (κ3) is 7.34. The molecule has 0 N–H and O–H groups in total. The van der Waals surface area contributed by atoms with Gasteiger partial charge >= 0.3 is 0 Å². The summed E-state index contributed by atoms with van der Waals surface area (Å²) in [6, 6.07) is 56.3. The Balaban J connectivity index is 1.34.